The van der Waals surface area contributed by atoms with Gasteiger partial charge >= 0.3 is 0 Å². The molecule has 2 heteroatoms. The van der Waals surface area contributed by atoms with Gasteiger partial charge in [0.2, 0.25) is 0 Å². The van der Waals surface area contributed by atoms with Crippen LogP contribution in [0.2, 0.25) is 0 Å². The van der Waals surface area contributed by atoms with Crippen molar-refractivity contribution in [1.82, 2.24) is 0 Å². The van der Waals surface area contributed by atoms with Gasteiger partial charge in [0.1, 0.15) is 0 Å². The fourth-order valence-electron chi connectivity index (χ4n) is 2.42. The fraction of sp³-hybridized carbons (Fsp3) is 1.00. The number of hydrogen-bond donors (Lipinski definition) is 0. The van der Waals surface area contributed by atoms with Crippen molar-refractivity contribution in [1.29, 1.82) is 0 Å². The first-order chi connectivity index (χ1) is 8.45. The van der Waals surface area contributed by atoms with Crippen LogP contribution < -0.4 is 0 Å². The third-order valence-electron chi connectivity index (χ3n) is 5.20. The Labute approximate surface area is 116 Å². The van der Waals surface area contributed by atoms with Crippen molar-refractivity contribution in [3.63, 3.8) is 0 Å². The van der Waals surface area contributed by atoms with Crippen LogP contribution in [0.15, 0.2) is 0 Å². The Morgan fingerprint density at radius 3 is 1.00 bits per heavy atom. The summed E-state index contributed by atoms with van der Waals surface area (Å²) in [5.41, 5.74) is 0. The molecule has 0 radical (unpaired) electrons. The van der Waals surface area contributed by atoms with Crippen molar-refractivity contribution in [2.75, 3.05) is 53.4 Å². The molecule has 0 aromatic rings. The lowest BCUT2D eigenvalue weighted by Gasteiger charge is -2.33. The monoisotopic (exact) mass is 258 g/mol. The number of hydrogen-bond acceptors (Lipinski definition) is 0. The van der Waals surface area contributed by atoms with Gasteiger partial charge in [-0.3, -0.25) is 0 Å². The van der Waals surface area contributed by atoms with Crippen molar-refractivity contribution in [2.45, 2.75) is 53.4 Å². The van der Waals surface area contributed by atoms with Crippen molar-refractivity contribution in [3.8, 4) is 0 Å². The van der Waals surface area contributed by atoms with Crippen LogP contribution >= 0.6 is 0 Å². The van der Waals surface area contributed by atoms with Crippen LogP contribution in [0.4, 0.5) is 0 Å². The first-order valence-electron chi connectivity index (χ1n) is 8.12. The second-order valence-corrected chi connectivity index (χ2v) is 6.37. The van der Waals surface area contributed by atoms with Gasteiger partial charge in [-0.2, -0.15) is 0 Å². The maximum atomic E-state index is 2.39. The summed E-state index contributed by atoms with van der Waals surface area (Å²) < 4.78 is 2.50. The maximum absolute atomic E-state index is 2.39. The summed E-state index contributed by atoms with van der Waals surface area (Å²) in [4.78, 5) is 0. The van der Waals surface area contributed by atoms with E-state index >= 15 is 0 Å². The third-order valence-corrected chi connectivity index (χ3v) is 5.20. The van der Waals surface area contributed by atoms with Gasteiger partial charge in [0.15, 0.2) is 0 Å². The highest BCUT2D eigenvalue weighted by atomic mass is 15.3. The molecule has 0 spiro atoms. The number of rotatable bonds is 11. The average molecular weight is 258 g/mol. The van der Waals surface area contributed by atoms with Crippen molar-refractivity contribution < 1.29 is 8.97 Å². The smallest absolute Gasteiger partial charge is 0.0784 e. The number of quaternary nitrogens is 2. The summed E-state index contributed by atoms with van der Waals surface area (Å²) in [6.45, 7) is 17.1. The van der Waals surface area contributed by atoms with Crippen molar-refractivity contribution in [3.05, 3.63) is 0 Å². The molecule has 0 heterocycles. The van der Waals surface area contributed by atoms with Gasteiger partial charge in [0.05, 0.1) is 53.4 Å². The van der Waals surface area contributed by atoms with Gasteiger partial charge in [-0.15, -0.1) is 0 Å². The van der Waals surface area contributed by atoms with E-state index in [0.29, 0.717) is 0 Å². The van der Waals surface area contributed by atoms with E-state index in [1.807, 2.05) is 0 Å². The normalized spacial score (nSPS) is 13.0. The number of nitrogens with zero attached hydrogens (tertiary/aromatic N) is 2. The van der Waals surface area contributed by atoms with Crippen molar-refractivity contribution in [2.24, 2.45) is 0 Å². The minimum absolute atomic E-state index is 1.25. The van der Waals surface area contributed by atoms with Gasteiger partial charge in [-0.05, 0) is 53.4 Å². The molecule has 0 fully saturated rings. The van der Waals surface area contributed by atoms with Gasteiger partial charge in [-0.25, -0.2) is 0 Å². The summed E-state index contributed by atoms with van der Waals surface area (Å²) in [6.07, 6.45) is 5.64. The Morgan fingerprint density at radius 1 is 0.500 bits per heavy atom. The molecule has 0 saturated carbocycles. The highest BCUT2D eigenvalue weighted by Crippen LogP contribution is 2.10. The highest BCUT2D eigenvalue weighted by molar-refractivity contribution is 4.45. The van der Waals surface area contributed by atoms with Crippen LogP contribution in [-0.4, -0.2) is 62.3 Å². The third kappa shape index (κ3) is 6.75. The summed E-state index contributed by atoms with van der Waals surface area (Å²) in [5, 5.41) is 0. The number of unbranched alkanes of at least 4 members (excludes halogenated alkanes) is 3. The summed E-state index contributed by atoms with van der Waals surface area (Å²) >= 11 is 0. The van der Waals surface area contributed by atoms with Crippen LogP contribution in [0.1, 0.15) is 53.4 Å². The van der Waals surface area contributed by atoms with Gasteiger partial charge in [0, 0.05) is 0 Å². The molecule has 0 aromatic heterocycles. The molecule has 0 amide bonds. The zero-order valence-corrected chi connectivity index (χ0v) is 14.0. The van der Waals surface area contributed by atoms with E-state index in [0.717, 1.165) is 0 Å². The van der Waals surface area contributed by atoms with E-state index in [4.69, 9.17) is 0 Å². The van der Waals surface area contributed by atoms with E-state index in [1.54, 1.807) is 0 Å². The topological polar surface area (TPSA) is 0 Å². The molecule has 0 aliphatic heterocycles. The Morgan fingerprint density at radius 2 is 0.778 bits per heavy atom. The molecule has 0 aliphatic carbocycles. The van der Waals surface area contributed by atoms with E-state index < -0.39 is 0 Å². The second-order valence-electron chi connectivity index (χ2n) is 6.37. The van der Waals surface area contributed by atoms with E-state index in [-0.39, 0.29) is 0 Å². The summed E-state index contributed by atoms with van der Waals surface area (Å²) in [7, 11) is 4.78. The lowest BCUT2D eigenvalue weighted by atomic mass is 10.1. The molecule has 110 valence electrons. The molecule has 0 rings (SSSR count). The zero-order chi connectivity index (χ0) is 14.1. The predicted octanol–water partition coefficient (Wildman–Crippen LogP) is 3.52. The van der Waals surface area contributed by atoms with Crippen molar-refractivity contribution >= 4 is 0 Å². The van der Waals surface area contributed by atoms with Crippen LogP contribution in [0.5, 0.6) is 0 Å². The lowest BCUT2D eigenvalue weighted by Crippen LogP contribution is -2.44. The van der Waals surface area contributed by atoms with E-state index in [9.17, 15) is 0 Å². The highest BCUT2D eigenvalue weighted by Gasteiger charge is 2.16. The largest absolute Gasteiger partial charge is 0.327 e. The lowest BCUT2D eigenvalue weighted by molar-refractivity contribution is -0.907. The summed E-state index contributed by atoms with van der Waals surface area (Å²) in [5.74, 6) is 0. The van der Waals surface area contributed by atoms with E-state index in [2.05, 4.69) is 41.8 Å². The molecular weight excluding hydrogens is 220 g/mol. The van der Waals surface area contributed by atoms with Crippen LogP contribution in [-0.2, 0) is 0 Å². The Kier molecular flexibility index (Phi) is 8.89. The molecule has 2 nitrogen and oxygen atoms in total. The Bertz CT molecular complexity index is 171. The molecular formula is C16H38N2+2. The molecule has 0 aliphatic rings. The molecule has 0 bridgehead atoms. The van der Waals surface area contributed by atoms with Crippen LogP contribution in [0.25, 0.3) is 0 Å². The van der Waals surface area contributed by atoms with Crippen LogP contribution in [0, 0.1) is 0 Å². The van der Waals surface area contributed by atoms with Gasteiger partial charge in [-0.1, -0.05) is 0 Å². The minimum atomic E-state index is 1.25. The first-order valence-corrected chi connectivity index (χ1v) is 8.12. The standard InChI is InChI=1S/C16H38N2/c1-7-17(5,8-2)15-13-11-12-14-16-18(6,9-3)10-4/h7-16H2,1-6H3/q+2. The molecule has 0 aromatic carbocycles. The molecule has 0 atom stereocenters. The Balaban J connectivity index is 3.63. The molecule has 0 saturated heterocycles. The SMILES string of the molecule is CC[N+](C)(CC)CCCCCC[N+](C)(CC)CC. The first kappa shape index (κ1) is 17.9. The molecule has 0 N–H and O–H groups in total. The Hall–Kier alpha value is -0.0800. The predicted molar refractivity (Wildman–Crippen MR) is 82.7 cm³/mol. The fourth-order valence-corrected chi connectivity index (χ4v) is 2.42. The van der Waals surface area contributed by atoms with Crippen LogP contribution in [0.3, 0.4) is 0 Å². The van der Waals surface area contributed by atoms with Gasteiger partial charge in [0.25, 0.3) is 0 Å². The summed E-state index contributed by atoms with van der Waals surface area (Å²) in [6, 6.07) is 0. The minimum Gasteiger partial charge on any atom is -0.327 e. The zero-order valence-electron chi connectivity index (χ0n) is 14.0. The quantitative estimate of drug-likeness (QED) is 0.393. The maximum Gasteiger partial charge on any atom is 0.0784 e. The average Bonchev–Trinajstić information content (AvgIpc) is 2.42. The molecule has 18 heavy (non-hydrogen) atoms. The molecule has 0 unspecified atom stereocenters. The van der Waals surface area contributed by atoms with E-state index in [1.165, 1.54) is 73.9 Å². The van der Waals surface area contributed by atoms with Gasteiger partial charge < -0.3 is 8.97 Å². The second kappa shape index (κ2) is 8.92.